The third-order valence-electron chi connectivity index (χ3n) is 2.97. The zero-order valence-corrected chi connectivity index (χ0v) is 14.5. The van der Waals surface area contributed by atoms with Gasteiger partial charge >= 0.3 is 11.9 Å². The van der Waals surface area contributed by atoms with E-state index >= 15 is 0 Å². The zero-order valence-electron chi connectivity index (χ0n) is 14.5. The number of anilines is 1. The predicted octanol–water partition coefficient (Wildman–Crippen LogP) is 3.99. The lowest BCUT2D eigenvalue weighted by atomic mass is 10.1. The van der Waals surface area contributed by atoms with E-state index in [1.54, 1.807) is 0 Å². The van der Waals surface area contributed by atoms with E-state index in [0.29, 0.717) is 0 Å². The number of carboxylic acid groups (broad SMARTS) is 2. The minimum atomic E-state index is -1.13. The van der Waals surface area contributed by atoms with Gasteiger partial charge in [0.25, 0.3) is 0 Å². The van der Waals surface area contributed by atoms with Crippen LogP contribution in [0.1, 0.15) is 41.5 Å². The van der Waals surface area contributed by atoms with Crippen molar-refractivity contribution in [2.45, 2.75) is 26.9 Å². The minimum Gasteiger partial charge on any atom is -0.489 e. The molecule has 6 nitrogen and oxygen atoms in total. The smallest absolute Gasteiger partial charge is 0.335 e. The molecule has 6 heteroatoms. The van der Waals surface area contributed by atoms with Crippen molar-refractivity contribution in [3.63, 3.8) is 0 Å². The Morgan fingerprint density at radius 2 is 1.56 bits per heavy atom. The molecule has 0 atom stereocenters. The third-order valence-corrected chi connectivity index (χ3v) is 2.97. The Labute approximate surface area is 147 Å². The number of carboxylic acids is 2. The number of nitrogens with one attached hydrogen (secondary N) is 1. The van der Waals surface area contributed by atoms with E-state index in [0.717, 1.165) is 24.0 Å². The largest absolute Gasteiger partial charge is 0.489 e. The molecule has 0 saturated heterocycles. The van der Waals surface area contributed by atoms with Crippen molar-refractivity contribution in [2.24, 2.45) is 0 Å². The Morgan fingerprint density at radius 3 is 2.04 bits per heavy atom. The Bertz CT molecular complexity index is 683. The SMILES string of the molecule is CCNc1ccccc1OC(C)C.O=C(O)c1cccc(C(=O)O)c1. The molecular formula is C19H23NO5. The summed E-state index contributed by atoms with van der Waals surface area (Å²) in [4.78, 5) is 20.8. The van der Waals surface area contributed by atoms with Crippen molar-refractivity contribution < 1.29 is 24.5 Å². The minimum absolute atomic E-state index is 0.0186. The average Bonchev–Trinajstić information content (AvgIpc) is 2.57. The van der Waals surface area contributed by atoms with Crippen molar-refractivity contribution in [2.75, 3.05) is 11.9 Å². The number of hydrogen-bond donors (Lipinski definition) is 3. The molecule has 2 aromatic carbocycles. The Hall–Kier alpha value is -3.02. The quantitative estimate of drug-likeness (QED) is 0.732. The number of carbonyl (C=O) groups is 2. The first kappa shape index (κ1) is 20.0. The second-order valence-corrected chi connectivity index (χ2v) is 5.38. The van der Waals surface area contributed by atoms with Crippen LogP contribution in [0.15, 0.2) is 48.5 Å². The molecule has 0 bridgehead atoms. The molecule has 3 N–H and O–H groups in total. The number of aromatic carboxylic acids is 2. The first-order valence-corrected chi connectivity index (χ1v) is 7.91. The van der Waals surface area contributed by atoms with Gasteiger partial charge in [-0.2, -0.15) is 0 Å². The van der Waals surface area contributed by atoms with Crippen molar-refractivity contribution in [1.82, 2.24) is 0 Å². The summed E-state index contributed by atoms with van der Waals surface area (Å²) in [5.41, 5.74) is 1.03. The first-order chi connectivity index (χ1) is 11.8. The van der Waals surface area contributed by atoms with E-state index in [1.165, 1.54) is 18.2 Å². The molecule has 0 aliphatic rings. The van der Waals surface area contributed by atoms with E-state index in [9.17, 15) is 9.59 Å². The van der Waals surface area contributed by atoms with Gasteiger partial charge in [0.2, 0.25) is 0 Å². The normalized spacial score (nSPS) is 9.76. The summed E-state index contributed by atoms with van der Waals surface area (Å²) in [5.74, 6) is -1.32. The van der Waals surface area contributed by atoms with Gasteiger partial charge in [-0.05, 0) is 51.1 Å². The predicted molar refractivity (Wildman–Crippen MR) is 96.7 cm³/mol. The Kier molecular flexibility index (Phi) is 7.99. The highest BCUT2D eigenvalue weighted by Gasteiger charge is 2.06. The van der Waals surface area contributed by atoms with E-state index in [2.05, 4.69) is 12.2 Å². The summed E-state index contributed by atoms with van der Waals surface area (Å²) in [7, 11) is 0. The third kappa shape index (κ3) is 6.95. The van der Waals surface area contributed by atoms with Crippen LogP contribution >= 0.6 is 0 Å². The number of benzene rings is 2. The number of ether oxygens (including phenoxy) is 1. The maximum atomic E-state index is 10.4. The van der Waals surface area contributed by atoms with Gasteiger partial charge in [0.15, 0.2) is 0 Å². The molecule has 2 rings (SSSR count). The Balaban J connectivity index is 0.000000251. The fourth-order valence-corrected chi connectivity index (χ4v) is 1.95. The Morgan fingerprint density at radius 1 is 1.00 bits per heavy atom. The monoisotopic (exact) mass is 345 g/mol. The van der Waals surface area contributed by atoms with Crippen LogP contribution in [0.25, 0.3) is 0 Å². The fourth-order valence-electron chi connectivity index (χ4n) is 1.95. The lowest BCUT2D eigenvalue weighted by Crippen LogP contribution is -2.08. The van der Waals surface area contributed by atoms with Crippen molar-refractivity contribution in [3.8, 4) is 5.75 Å². The van der Waals surface area contributed by atoms with Crippen LogP contribution in [-0.2, 0) is 0 Å². The maximum absolute atomic E-state index is 10.4. The molecule has 0 saturated carbocycles. The van der Waals surface area contributed by atoms with E-state index in [-0.39, 0.29) is 17.2 Å². The highest BCUT2D eigenvalue weighted by Crippen LogP contribution is 2.24. The fraction of sp³-hybridized carbons (Fsp3) is 0.263. The van der Waals surface area contributed by atoms with Crippen LogP contribution < -0.4 is 10.1 Å². The van der Waals surface area contributed by atoms with Crippen molar-refractivity contribution >= 4 is 17.6 Å². The topological polar surface area (TPSA) is 95.9 Å². The van der Waals surface area contributed by atoms with Crippen molar-refractivity contribution in [1.29, 1.82) is 0 Å². The van der Waals surface area contributed by atoms with Crippen LogP contribution in [-0.4, -0.2) is 34.8 Å². The van der Waals surface area contributed by atoms with E-state index in [1.807, 2.05) is 38.1 Å². The van der Waals surface area contributed by atoms with Gasteiger partial charge < -0.3 is 20.3 Å². The second-order valence-electron chi connectivity index (χ2n) is 5.38. The molecule has 25 heavy (non-hydrogen) atoms. The molecule has 0 aromatic heterocycles. The van der Waals surface area contributed by atoms with Gasteiger partial charge in [0.05, 0.1) is 22.9 Å². The van der Waals surface area contributed by atoms with Gasteiger partial charge in [0, 0.05) is 6.54 Å². The average molecular weight is 345 g/mol. The molecule has 0 unspecified atom stereocenters. The van der Waals surface area contributed by atoms with Gasteiger partial charge in [-0.3, -0.25) is 0 Å². The van der Waals surface area contributed by atoms with Crippen LogP contribution in [0.2, 0.25) is 0 Å². The second kappa shape index (κ2) is 9.97. The lowest BCUT2D eigenvalue weighted by molar-refractivity contribution is 0.0696. The summed E-state index contributed by atoms with van der Waals surface area (Å²) in [6.45, 7) is 7.05. The summed E-state index contributed by atoms with van der Waals surface area (Å²) in [6.07, 6.45) is 0.222. The van der Waals surface area contributed by atoms with E-state index in [4.69, 9.17) is 14.9 Å². The first-order valence-electron chi connectivity index (χ1n) is 7.91. The molecule has 0 fully saturated rings. The summed E-state index contributed by atoms with van der Waals surface area (Å²) < 4.78 is 5.64. The summed E-state index contributed by atoms with van der Waals surface area (Å²) in [5, 5.41) is 20.3. The van der Waals surface area contributed by atoms with Crippen LogP contribution in [0.5, 0.6) is 5.75 Å². The lowest BCUT2D eigenvalue weighted by Gasteiger charge is -2.14. The van der Waals surface area contributed by atoms with Crippen LogP contribution in [0.3, 0.4) is 0 Å². The van der Waals surface area contributed by atoms with Crippen LogP contribution in [0.4, 0.5) is 5.69 Å². The number of rotatable bonds is 6. The molecule has 134 valence electrons. The standard InChI is InChI=1S/C11H17NO.C8H6O4/c1-4-12-10-7-5-6-8-11(10)13-9(2)3;9-7(10)5-2-1-3-6(4-5)8(11)12/h5-9,12H,4H2,1-3H3;1-4H,(H,9,10)(H,11,12). The molecular weight excluding hydrogens is 322 g/mol. The molecule has 0 amide bonds. The molecule has 0 radical (unpaired) electrons. The maximum Gasteiger partial charge on any atom is 0.335 e. The van der Waals surface area contributed by atoms with Gasteiger partial charge in [-0.25, -0.2) is 9.59 Å². The molecule has 0 heterocycles. The van der Waals surface area contributed by atoms with Crippen molar-refractivity contribution in [3.05, 3.63) is 59.7 Å². The molecule has 0 aliphatic carbocycles. The number of para-hydroxylation sites is 2. The number of hydrogen-bond acceptors (Lipinski definition) is 4. The van der Waals surface area contributed by atoms with Gasteiger partial charge in [0.1, 0.15) is 5.75 Å². The van der Waals surface area contributed by atoms with Gasteiger partial charge in [-0.15, -0.1) is 0 Å². The highest BCUT2D eigenvalue weighted by atomic mass is 16.5. The molecule has 0 spiro atoms. The molecule has 2 aromatic rings. The summed E-state index contributed by atoms with van der Waals surface area (Å²) >= 11 is 0. The zero-order chi connectivity index (χ0) is 18.8. The highest BCUT2D eigenvalue weighted by molar-refractivity contribution is 5.93. The summed E-state index contributed by atoms with van der Waals surface area (Å²) in [6, 6.07) is 13.2. The van der Waals surface area contributed by atoms with Gasteiger partial charge in [-0.1, -0.05) is 18.2 Å². The molecule has 0 aliphatic heterocycles. The van der Waals surface area contributed by atoms with E-state index < -0.39 is 11.9 Å². The van der Waals surface area contributed by atoms with Crippen LogP contribution in [0, 0.1) is 0 Å².